The first-order valence-corrected chi connectivity index (χ1v) is 12.1. The van der Waals surface area contributed by atoms with Gasteiger partial charge in [-0.3, -0.25) is 9.10 Å². The zero-order chi connectivity index (χ0) is 25.8. The van der Waals surface area contributed by atoms with Gasteiger partial charge in [0.2, 0.25) is 5.91 Å². The van der Waals surface area contributed by atoms with Crippen molar-refractivity contribution < 1.29 is 31.1 Å². The number of benzene rings is 3. The Hall–Kier alpha value is -3.24. The Balaban J connectivity index is 2.02. The van der Waals surface area contributed by atoms with Crippen LogP contribution in [0.1, 0.15) is 16.7 Å². The number of hydrogen-bond acceptors (Lipinski definition) is 4. The van der Waals surface area contributed by atoms with Crippen LogP contribution in [0.25, 0.3) is 0 Å². The molecule has 1 amide bonds. The number of halogens is 4. The molecule has 0 aliphatic rings. The molecule has 0 aromatic heterocycles. The van der Waals surface area contributed by atoms with Crippen molar-refractivity contribution in [3.05, 3.63) is 88.4 Å². The van der Waals surface area contributed by atoms with Crippen LogP contribution in [0.4, 0.5) is 18.9 Å². The molecule has 0 fully saturated rings. The number of nitrogens with one attached hydrogen (secondary N) is 1. The predicted molar refractivity (Wildman–Crippen MR) is 127 cm³/mol. The number of aryl methyl sites for hydroxylation is 1. The number of carbonyl (C=O) groups excluding carboxylic acids is 1. The quantitative estimate of drug-likeness (QED) is 0.438. The van der Waals surface area contributed by atoms with E-state index >= 15 is 0 Å². The lowest BCUT2D eigenvalue weighted by molar-refractivity contribution is -0.137. The van der Waals surface area contributed by atoms with Crippen molar-refractivity contribution in [3.8, 4) is 5.75 Å². The van der Waals surface area contributed by atoms with Crippen LogP contribution < -0.4 is 14.4 Å². The zero-order valence-electron chi connectivity index (χ0n) is 18.8. The van der Waals surface area contributed by atoms with Crippen molar-refractivity contribution in [2.75, 3.05) is 18.0 Å². The van der Waals surface area contributed by atoms with Gasteiger partial charge < -0.3 is 10.1 Å². The van der Waals surface area contributed by atoms with Crippen molar-refractivity contribution in [1.29, 1.82) is 0 Å². The predicted octanol–water partition coefficient (Wildman–Crippen LogP) is 5.19. The highest BCUT2D eigenvalue weighted by Crippen LogP contribution is 2.35. The van der Waals surface area contributed by atoms with Gasteiger partial charge in [-0.05, 0) is 54.4 Å². The Bertz CT molecular complexity index is 1330. The maximum absolute atomic E-state index is 13.7. The van der Waals surface area contributed by atoms with E-state index in [0.29, 0.717) is 26.5 Å². The highest BCUT2D eigenvalue weighted by molar-refractivity contribution is 7.93. The lowest BCUT2D eigenvalue weighted by atomic mass is 10.2. The van der Waals surface area contributed by atoms with E-state index in [1.165, 1.54) is 25.3 Å². The van der Waals surface area contributed by atoms with E-state index in [1.54, 1.807) is 37.3 Å². The molecule has 0 saturated heterocycles. The van der Waals surface area contributed by atoms with Crippen molar-refractivity contribution in [3.63, 3.8) is 0 Å². The molecule has 0 aliphatic heterocycles. The lowest BCUT2D eigenvalue weighted by Gasteiger charge is -2.26. The number of hydrogen-bond donors (Lipinski definition) is 1. The van der Waals surface area contributed by atoms with E-state index in [-0.39, 0.29) is 22.9 Å². The first-order valence-electron chi connectivity index (χ1n) is 10.3. The van der Waals surface area contributed by atoms with Gasteiger partial charge in [-0.25, -0.2) is 8.42 Å². The summed E-state index contributed by atoms with van der Waals surface area (Å²) < 4.78 is 73.2. The molecule has 3 aromatic carbocycles. The maximum atomic E-state index is 13.7. The van der Waals surface area contributed by atoms with E-state index in [1.807, 2.05) is 0 Å². The molecule has 0 radical (unpaired) electrons. The summed E-state index contributed by atoms with van der Waals surface area (Å²) in [6.07, 6.45) is -4.71. The molecule has 0 bridgehead atoms. The second kappa shape index (κ2) is 10.6. The minimum atomic E-state index is -4.71. The van der Waals surface area contributed by atoms with Crippen LogP contribution >= 0.6 is 11.6 Å². The summed E-state index contributed by atoms with van der Waals surface area (Å²) in [7, 11) is -3.24. The summed E-state index contributed by atoms with van der Waals surface area (Å²) in [5.41, 5.74) is -0.202. The minimum Gasteiger partial charge on any atom is -0.495 e. The second-order valence-corrected chi connectivity index (χ2v) is 9.82. The number of methoxy groups -OCH3 is 1. The Morgan fingerprint density at radius 3 is 2.43 bits per heavy atom. The number of nitrogens with zero attached hydrogens (tertiary/aromatic N) is 1. The number of amides is 1. The summed E-state index contributed by atoms with van der Waals surface area (Å²) >= 11 is 6.09. The van der Waals surface area contributed by atoms with Crippen molar-refractivity contribution >= 4 is 33.2 Å². The lowest BCUT2D eigenvalue weighted by Crippen LogP contribution is -2.41. The van der Waals surface area contributed by atoms with Gasteiger partial charge in [0.15, 0.2) is 0 Å². The third-order valence-corrected chi connectivity index (χ3v) is 7.23. The first-order chi connectivity index (χ1) is 16.4. The molecule has 11 heteroatoms. The topological polar surface area (TPSA) is 75.7 Å². The van der Waals surface area contributed by atoms with Gasteiger partial charge in [0.25, 0.3) is 10.0 Å². The third-order valence-electron chi connectivity index (χ3n) is 5.07. The fraction of sp³-hybridized carbons (Fsp3) is 0.208. The Kier molecular flexibility index (Phi) is 7.97. The van der Waals surface area contributed by atoms with Crippen LogP contribution in [-0.2, 0) is 27.5 Å². The maximum Gasteiger partial charge on any atom is 0.416 e. The smallest absolute Gasteiger partial charge is 0.416 e. The molecular weight excluding hydrogens is 505 g/mol. The van der Waals surface area contributed by atoms with Gasteiger partial charge >= 0.3 is 6.18 Å². The number of alkyl halides is 3. The van der Waals surface area contributed by atoms with Gasteiger partial charge in [-0.1, -0.05) is 41.9 Å². The number of ether oxygens (including phenoxy) is 1. The third kappa shape index (κ3) is 6.26. The second-order valence-electron chi connectivity index (χ2n) is 7.58. The zero-order valence-corrected chi connectivity index (χ0v) is 20.3. The number of anilines is 1. The Morgan fingerprint density at radius 2 is 1.77 bits per heavy atom. The standard InChI is InChI=1S/C24H22ClF3N2O4S/c1-16-10-11-21(34-2)22(12-16)35(32,33)30(19-8-5-7-18(13-19)24(26,27)28)15-23(31)29-14-17-6-3-4-9-20(17)25/h3-13H,14-15H2,1-2H3,(H,29,31). The van der Waals surface area contributed by atoms with Gasteiger partial charge in [0, 0.05) is 11.6 Å². The number of rotatable bonds is 8. The van der Waals surface area contributed by atoms with E-state index in [2.05, 4.69) is 5.32 Å². The molecular formula is C24H22ClF3N2O4S. The molecule has 35 heavy (non-hydrogen) atoms. The van der Waals surface area contributed by atoms with Crippen LogP contribution in [0.3, 0.4) is 0 Å². The molecule has 6 nitrogen and oxygen atoms in total. The van der Waals surface area contributed by atoms with E-state index in [4.69, 9.17) is 16.3 Å². The van der Waals surface area contributed by atoms with Crippen LogP contribution in [0.2, 0.25) is 5.02 Å². The van der Waals surface area contributed by atoms with Crippen LogP contribution in [-0.4, -0.2) is 28.0 Å². The average Bonchev–Trinajstić information content (AvgIpc) is 2.81. The van der Waals surface area contributed by atoms with Crippen LogP contribution in [0.15, 0.2) is 71.6 Å². The molecule has 3 aromatic rings. The molecule has 3 rings (SSSR count). The van der Waals surface area contributed by atoms with E-state index in [9.17, 15) is 26.4 Å². The molecule has 0 saturated carbocycles. The Labute approximate surface area is 206 Å². The summed E-state index contributed by atoms with van der Waals surface area (Å²) in [6, 6.07) is 14.9. The summed E-state index contributed by atoms with van der Waals surface area (Å²) in [6.45, 7) is 0.886. The SMILES string of the molecule is COc1ccc(C)cc1S(=O)(=O)N(CC(=O)NCc1ccccc1Cl)c1cccc(C(F)(F)F)c1. The fourth-order valence-electron chi connectivity index (χ4n) is 3.28. The molecule has 0 spiro atoms. The van der Waals surface area contributed by atoms with Crippen molar-refractivity contribution in [1.82, 2.24) is 5.32 Å². The first kappa shape index (κ1) is 26.4. The summed E-state index contributed by atoms with van der Waals surface area (Å²) in [4.78, 5) is 12.5. The molecule has 0 heterocycles. The molecule has 0 atom stereocenters. The monoisotopic (exact) mass is 526 g/mol. The van der Waals surface area contributed by atoms with Gasteiger partial charge in [-0.15, -0.1) is 0 Å². The molecule has 186 valence electrons. The van der Waals surface area contributed by atoms with Crippen LogP contribution in [0, 0.1) is 6.92 Å². The highest BCUT2D eigenvalue weighted by Gasteiger charge is 2.34. The summed E-state index contributed by atoms with van der Waals surface area (Å²) in [5.74, 6) is -0.749. The number of carbonyl (C=O) groups is 1. The largest absolute Gasteiger partial charge is 0.495 e. The minimum absolute atomic E-state index is 0.00273. The molecule has 0 aliphatic carbocycles. The fourth-order valence-corrected chi connectivity index (χ4v) is 5.14. The van der Waals surface area contributed by atoms with Crippen LogP contribution in [0.5, 0.6) is 5.75 Å². The van der Waals surface area contributed by atoms with E-state index in [0.717, 1.165) is 12.1 Å². The molecule has 0 unspecified atom stereocenters. The average molecular weight is 527 g/mol. The van der Waals surface area contributed by atoms with E-state index < -0.39 is 34.2 Å². The Morgan fingerprint density at radius 1 is 1.06 bits per heavy atom. The molecule has 1 N–H and O–H groups in total. The van der Waals surface area contributed by atoms with Gasteiger partial charge in [0.05, 0.1) is 18.4 Å². The number of sulfonamides is 1. The van der Waals surface area contributed by atoms with Gasteiger partial charge in [0.1, 0.15) is 17.2 Å². The van der Waals surface area contributed by atoms with Crippen molar-refractivity contribution in [2.45, 2.75) is 24.5 Å². The normalized spacial score (nSPS) is 11.7. The highest BCUT2D eigenvalue weighted by atomic mass is 35.5. The van der Waals surface area contributed by atoms with Gasteiger partial charge in [-0.2, -0.15) is 13.2 Å². The summed E-state index contributed by atoms with van der Waals surface area (Å²) in [5, 5.41) is 2.97. The van der Waals surface area contributed by atoms with Crippen molar-refractivity contribution in [2.24, 2.45) is 0 Å².